The van der Waals surface area contributed by atoms with Crippen LogP contribution in [-0.2, 0) is 9.53 Å². The number of rotatable bonds is 5. The Balaban J connectivity index is 1.36. The third-order valence-electron chi connectivity index (χ3n) is 4.23. The first-order valence-electron chi connectivity index (χ1n) is 8.62. The van der Waals surface area contributed by atoms with E-state index in [4.69, 9.17) is 4.74 Å². The summed E-state index contributed by atoms with van der Waals surface area (Å²) in [5, 5.41) is 14.5. The molecule has 0 saturated carbocycles. The van der Waals surface area contributed by atoms with Crippen LogP contribution in [0.15, 0.2) is 47.8 Å². The summed E-state index contributed by atoms with van der Waals surface area (Å²) in [6, 6.07) is 12.6. The standard InChI is InChI=1S/C19H18N4O3S/c24-18(15-11-14(22-23-15)17-4-2-10-27-17)20-12-5-7-13(8-6-12)21-19(25)16-3-1-9-26-16/h2,4-8,10-11,16H,1,3,9H2,(H,20,24)(H,21,25)(H,22,23). The molecule has 3 aromatic rings. The molecule has 4 rings (SSSR count). The fraction of sp³-hybridized carbons (Fsp3) is 0.211. The number of hydrogen-bond donors (Lipinski definition) is 3. The quantitative estimate of drug-likeness (QED) is 0.629. The number of thiophene rings is 1. The normalized spacial score (nSPS) is 16.2. The van der Waals surface area contributed by atoms with E-state index in [-0.39, 0.29) is 17.9 Å². The molecule has 1 atom stereocenters. The molecule has 3 heterocycles. The Morgan fingerprint density at radius 3 is 2.59 bits per heavy atom. The van der Waals surface area contributed by atoms with Crippen LogP contribution in [0.25, 0.3) is 10.6 Å². The molecule has 8 heteroatoms. The summed E-state index contributed by atoms with van der Waals surface area (Å²) in [5.41, 5.74) is 2.40. The molecule has 1 unspecified atom stereocenters. The zero-order valence-electron chi connectivity index (χ0n) is 14.4. The summed E-state index contributed by atoms with van der Waals surface area (Å²) in [7, 11) is 0. The van der Waals surface area contributed by atoms with Gasteiger partial charge in [-0.1, -0.05) is 6.07 Å². The average molecular weight is 382 g/mol. The molecule has 1 fully saturated rings. The summed E-state index contributed by atoms with van der Waals surface area (Å²) in [4.78, 5) is 25.4. The van der Waals surface area contributed by atoms with Gasteiger partial charge in [0.1, 0.15) is 6.10 Å². The second-order valence-corrected chi connectivity index (χ2v) is 7.11. The van der Waals surface area contributed by atoms with Gasteiger partial charge < -0.3 is 15.4 Å². The van der Waals surface area contributed by atoms with Crippen LogP contribution in [-0.4, -0.2) is 34.7 Å². The van der Waals surface area contributed by atoms with Crippen LogP contribution in [0, 0.1) is 0 Å². The third-order valence-corrected chi connectivity index (χ3v) is 5.13. The number of ether oxygens (including phenoxy) is 1. The number of H-pyrrole nitrogens is 1. The number of carbonyl (C=O) groups excluding carboxylic acids is 2. The van der Waals surface area contributed by atoms with Gasteiger partial charge in [0.05, 0.1) is 10.6 Å². The van der Waals surface area contributed by atoms with Crippen molar-refractivity contribution < 1.29 is 14.3 Å². The third kappa shape index (κ3) is 4.07. The van der Waals surface area contributed by atoms with Gasteiger partial charge in [-0.15, -0.1) is 11.3 Å². The summed E-state index contributed by atoms with van der Waals surface area (Å²) < 4.78 is 5.36. The van der Waals surface area contributed by atoms with E-state index in [9.17, 15) is 9.59 Å². The maximum absolute atomic E-state index is 12.4. The summed E-state index contributed by atoms with van der Waals surface area (Å²) in [6.07, 6.45) is 1.28. The van der Waals surface area contributed by atoms with Crippen molar-refractivity contribution in [3.8, 4) is 10.6 Å². The Labute approximate surface area is 159 Å². The Kier molecular flexibility index (Phi) is 4.99. The predicted molar refractivity (Wildman–Crippen MR) is 104 cm³/mol. The van der Waals surface area contributed by atoms with Crippen molar-refractivity contribution in [2.45, 2.75) is 18.9 Å². The number of amides is 2. The van der Waals surface area contributed by atoms with Crippen molar-refractivity contribution in [1.82, 2.24) is 10.2 Å². The second-order valence-electron chi connectivity index (χ2n) is 6.17. The van der Waals surface area contributed by atoms with Crippen LogP contribution in [0.5, 0.6) is 0 Å². The van der Waals surface area contributed by atoms with Crippen LogP contribution >= 0.6 is 11.3 Å². The number of aromatic amines is 1. The molecule has 0 spiro atoms. The zero-order valence-corrected chi connectivity index (χ0v) is 15.2. The van der Waals surface area contributed by atoms with Crippen LogP contribution in [0.2, 0.25) is 0 Å². The topological polar surface area (TPSA) is 96.1 Å². The fourth-order valence-corrected chi connectivity index (χ4v) is 3.53. The molecule has 1 aliphatic rings. The number of hydrogen-bond acceptors (Lipinski definition) is 5. The zero-order chi connectivity index (χ0) is 18.6. The Bertz CT molecular complexity index is 928. The molecule has 27 heavy (non-hydrogen) atoms. The van der Waals surface area contributed by atoms with Gasteiger partial charge in [0.2, 0.25) is 0 Å². The van der Waals surface area contributed by atoms with Crippen molar-refractivity contribution in [2.24, 2.45) is 0 Å². The van der Waals surface area contributed by atoms with Gasteiger partial charge in [-0.05, 0) is 54.6 Å². The molecule has 2 amide bonds. The number of aromatic nitrogens is 2. The number of nitrogens with zero attached hydrogens (tertiary/aromatic N) is 1. The van der Waals surface area contributed by atoms with Crippen LogP contribution in [0.4, 0.5) is 11.4 Å². The van der Waals surface area contributed by atoms with E-state index in [1.807, 2.05) is 17.5 Å². The number of carbonyl (C=O) groups is 2. The van der Waals surface area contributed by atoms with Gasteiger partial charge in [-0.3, -0.25) is 14.7 Å². The molecule has 138 valence electrons. The van der Waals surface area contributed by atoms with E-state index in [1.165, 1.54) is 0 Å². The molecule has 0 bridgehead atoms. The summed E-state index contributed by atoms with van der Waals surface area (Å²) >= 11 is 1.57. The maximum Gasteiger partial charge on any atom is 0.276 e. The van der Waals surface area contributed by atoms with E-state index >= 15 is 0 Å². The van der Waals surface area contributed by atoms with Crippen molar-refractivity contribution in [1.29, 1.82) is 0 Å². The lowest BCUT2D eigenvalue weighted by Gasteiger charge is -2.11. The van der Waals surface area contributed by atoms with Gasteiger partial charge >= 0.3 is 0 Å². The highest BCUT2D eigenvalue weighted by atomic mass is 32.1. The van der Waals surface area contributed by atoms with E-state index in [0.717, 1.165) is 23.4 Å². The molecule has 0 aliphatic carbocycles. The van der Waals surface area contributed by atoms with Gasteiger partial charge in [-0.2, -0.15) is 5.10 Å². The van der Waals surface area contributed by atoms with E-state index < -0.39 is 0 Å². The summed E-state index contributed by atoms with van der Waals surface area (Å²) in [6.45, 7) is 0.629. The molecule has 1 aliphatic heterocycles. The van der Waals surface area contributed by atoms with Gasteiger partial charge in [-0.25, -0.2) is 0 Å². The first kappa shape index (κ1) is 17.4. The lowest BCUT2D eigenvalue weighted by atomic mass is 10.2. The number of benzene rings is 1. The molecular weight excluding hydrogens is 364 g/mol. The van der Waals surface area contributed by atoms with Crippen LogP contribution in [0.3, 0.4) is 0 Å². The van der Waals surface area contributed by atoms with Crippen LogP contribution < -0.4 is 10.6 Å². The molecule has 0 radical (unpaired) electrons. The molecule has 7 nitrogen and oxygen atoms in total. The largest absolute Gasteiger partial charge is 0.368 e. The van der Waals surface area contributed by atoms with Gasteiger partial charge in [0.25, 0.3) is 11.8 Å². The highest BCUT2D eigenvalue weighted by molar-refractivity contribution is 7.13. The number of nitrogens with one attached hydrogen (secondary N) is 3. The molecule has 1 aromatic carbocycles. The van der Waals surface area contributed by atoms with E-state index in [1.54, 1.807) is 41.7 Å². The maximum atomic E-state index is 12.4. The Morgan fingerprint density at radius 1 is 1.15 bits per heavy atom. The van der Waals surface area contributed by atoms with Crippen molar-refractivity contribution in [3.05, 3.63) is 53.5 Å². The van der Waals surface area contributed by atoms with Gasteiger partial charge in [0.15, 0.2) is 5.69 Å². The van der Waals surface area contributed by atoms with Crippen LogP contribution in [0.1, 0.15) is 23.3 Å². The highest BCUT2D eigenvalue weighted by Gasteiger charge is 2.23. The predicted octanol–water partition coefficient (Wildman–Crippen LogP) is 3.51. The van der Waals surface area contributed by atoms with Crippen molar-refractivity contribution >= 4 is 34.5 Å². The van der Waals surface area contributed by atoms with E-state index in [2.05, 4.69) is 20.8 Å². The SMILES string of the molecule is O=C(Nc1ccc(NC(=O)C2CCCO2)cc1)c1cc(-c2cccs2)[nH]n1. The second kappa shape index (κ2) is 7.73. The minimum Gasteiger partial charge on any atom is -0.368 e. The average Bonchev–Trinajstić information content (AvgIpc) is 3.43. The molecule has 1 saturated heterocycles. The molecule has 2 aromatic heterocycles. The Morgan fingerprint density at radius 2 is 1.93 bits per heavy atom. The molecule has 3 N–H and O–H groups in total. The van der Waals surface area contributed by atoms with Crippen molar-refractivity contribution in [2.75, 3.05) is 17.2 Å². The van der Waals surface area contributed by atoms with Gasteiger partial charge in [0, 0.05) is 18.0 Å². The summed E-state index contributed by atoms with van der Waals surface area (Å²) in [5.74, 6) is -0.438. The lowest BCUT2D eigenvalue weighted by Crippen LogP contribution is -2.26. The minimum atomic E-state index is -0.374. The first-order valence-corrected chi connectivity index (χ1v) is 9.50. The molecular formula is C19H18N4O3S. The fourth-order valence-electron chi connectivity index (χ4n) is 2.84. The number of anilines is 2. The Hall–Kier alpha value is -2.97. The smallest absolute Gasteiger partial charge is 0.276 e. The minimum absolute atomic E-state index is 0.137. The van der Waals surface area contributed by atoms with E-state index in [0.29, 0.717) is 23.7 Å². The monoisotopic (exact) mass is 382 g/mol. The lowest BCUT2D eigenvalue weighted by molar-refractivity contribution is -0.124. The van der Waals surface area contributed by atoms with Crippen molar-refractivity contribution in [3.63, 3.8) is 0 Å². The highest BCUT2D eigenvalue weighted by Crippen LogP contribution is 2.23. The first-order chi connectivity index (χ1) is 13.2.